The zero-order chi connectivity index (χ0) is 11.5. The van der Waals surface area contributed by atoms with Crippen LogP contribution in [0, 0.1) is 0 Å². The lowest BCUT2D eigenvalue weighted by Crippen LogP contribution is -2.44. The molecule has 1 N–H and O–H groups in total. The quantitative estimate of drug-likeness (QED) is 0.822. The van der Waals surface area contributed by atoms with Crippen molar-refractivity contribution in [3.63, 3.8) is 0 Å². The van der Waals surface area contributed by atoms with Crippen LogP contribution in [-0.2, 0) is 0 Å². The summed E-state index contributed by atoms with van der Waals surface area (Å²) in [6.07, 6.45) is 1.83. The topological polar surface area (TPSA) is 46.0 Å². The molecule has 0 saturated carbocycles. The molecule has 1 aliphatic heterocycles. The second-order valence-electron chi connectivity index (χ2n) is 4.08. The number of piperazine rings is 1. The van der Waals surface area contributed by atoms with Gasteiger partial charge < -0.3 is 10.2 Å². The third-order valence-corrected chi connectivity index (χ3v) is 2.97. The van der Waals surface area contributed by atoms with Gasteiger partial charge in [0.25, 0.3) is 0 Å². The van der Waals surface area contributed by atoms with Gasteiger partial charge >= 0.3 is 0 Å². The van der Waals surface area contributed by atoms with Gasteiger partial charge in [-0.1, -0.05) is 23.4 Å². The monoisotopic (exact) mass is 229 g/mol. The Bertz CT molecular complexity index is 473. The molecule has 5 nitrogen and oxygen atoms in total. The maximum Gasteiger partial charge on any atom is 0.153 e. The maximum absolute atomic E-state index is 4.17. The summed E-state index contributed by atoms with van der Waals surface area (Å²) in [7, 11) is 0. The smallest absolute Gasteiger partial charge is 0.153 e. The Morgan fingerprint density at radius 1 is 1.06 bits per heavy atom. The van der Waals surface area contributed by atoms with Gasteiger partial charge in [0.05, 0.1) is 11.9 Å². The van der Waals surface area contributed by atoms with Crippen LogP contribution in [0.1, 0.15) is 0 Å². The number of anilines is 1. The number of nitrogens with zero attached hydrogens (tertiary/aromatic N) is 4. The summed E-state index contributed by atoms with van der Waals surface area (Å²) in [5.41, 5.74) is 1.05. The van der Waals surface area contributed by atoms with Crippen LogP contribution in [0.4, 0.5) is 5.82 Å². The van der Waals surface area contributed by atoms with Gasteiger partial charge in [0.15, 0.2) is 5.82 Å². The van der Waals surface area contributed by atoms with Crippen LogP contribution < -0.4 is 10.2 Å². The van der Waals surface area contributed by atoms with Gasteiger partial charge in [-0.15, -0.1) is 5.10 Å². The zero-order valence-corrected chi connectivity index (χ0v) is 9.58. The Kier molecular flexibility index (Phi) is 2.75. The molecule has 1 aromatic carbocycles. The minimum Gasteiger partial charge on any atom is -0.353 e. The molecule has 3 rings (SSSR count). The van der Waals surface area contributed by atoms with Crippen molar-refractivity contribution in [3.8, 4) is 5.69 Å². The lowest BCUT2D eigenvalue weighted by atomic mass is 10.3. The van der Waals surface area contributed by atoms with E-state index in [0.717, 1.165) is 37.7 Å². The fourth-order valence-corrected chi connectivity index (χ4v) is 2.09. The van der Waals surface area contributed by atoms with E-state index in [2.05, 4.69) is 20.5 Å². The van der Waals surface area contributed by atoms with E-state index >= 15 is 0 Å². The molecule has 1 aliphatic rings. The summed E-state index contributed by atoms with van der Waals surface area (Å²) >= 11 is 0. The first kappa shape index (κ1) is 10.3. The normalized spacial score (nSPS) is 16.1. The van der Waals surface area contributed by atoms with E-state index in [4.69, 9.17) is 0 Å². The molecule has 0 unspecified atom stereocenters. The van der Waals surface area contributed by atoms with Crippen LogP contribution in [0.2, 0.25) is 0 Å². The van der Waals surface area contributed by atoms with Crippen LogP contribution in [0.3, 0.4) is 0 Å². The molecule has 0 atom stereocenters. The Morgan fingerprint density at radius 3 is 2.59 bits per heavy atom. The SMILES string of the molecule is c1ccc(-n2nncc2N2CCNCC2)cc1. The third kappa shape index (κ3) is 2.01. The number of hydrogen-bond donors (Lipinski definition) is 1. The predicted molar refractivity (Wildman–Crippen MR) is 66.4 cm³/mol. The Balaban J connectivity index is 1.93. The number of benzene rings is 1. The van der Waals surface area contributed by atoms with E-state index in [0.29, 0.717) is 0 Å². The standard InChI is InChI=1S/C12H15N5/c1-2-4-11(5-3-1)17-12(10-14-15-17)16-8-6-13-7-9-16/h1-5,10,13H,6-9H2. The molecule has 0 amide bonds. The number of para-hydroxylation sites is 1. The van der Waals surface area contributed by atoms with E-state index in [-0.39, 0.29) is 0 Å². The van der Waals surface area contributed by atoms with Crippen molar-refractivity contribution in [2.75, 3.05) is 31.1 Å². The zero-order valence-electron chi connectivity index (χ0n) is 9.58. The summed E-state index contributed by atoms with van der Waals surface area (Å²) in [6, 6.07) is 10.1. The van der Waals surface area contributed by atoms with Crippen LogP contribution >= 0.6 is 0 Å². The van der Waals surface area contributed by atoms with Crippen LogP contribution in [-0.4, -0.2) is 41.2 Å². The highest BCUT2D eigenvalue weighted by Gasteiger charge is 2.15. The number of rotatable bonds is 2. The Morgan fingerprint density at radius 2 is 1.82 bits per heavy atom. The lowest BCUT2D eigenvalue weighted by molar-refractivity contribution is 0.578. The van der Waals surface area contributed by atoms with Crippen LogP contribution in [0.5, 0.6) is 0 Å². The first-order valence-electron chi connectivity index (χ1n) is 5.87. The fourth-order valence-electron chi connectivity index (χ4n) is 2.09. The second kappa shape index (κ2) is 4.55. The van der Waals surface area contributed by atoms with Crippen molar-refractivity contribution in [1.82, 2.24) is 20.3 Å². The first-order valence-corrected chi connectivity index (χ1v) is 5.87. The van der Waals surface area contributed by atoms with Gasteiger partial charge in [-0.05, 0) is 12.1 Å². The van der Waals surface area contributed by atoms with Crippen molar-refractivity contribution < 1.29 is 0 Å². The van der Waals surface area contributed by atoms with E-state index < -0.39 is 0 Å². The molecular weight excluding hydrogens is 214 g/mol. The van der Waals surface area contributed by atoms with E-state index in [1.807, 2.05) is 41.2 Å². The Hall–Kier alpha value is -1.88. The van der Waals surface area contributed by atoms with E-state index in [9.17, 15) is 0 Å². The molecule has 0 bridgehead atoms. The van der Waals surface area contributed by atoms with Gasteiger partial charge in [0.1, 0.15) is 0 Å². The molecule has 1 aromatic heterocycles. The minimum atomic E-state index is 1.00. The van der Waals surface area contributed by atoms with Crippen molar-refractivity contribution in [1.29, 1.82) is 0 Å². The van der Waals surface area contributed by atoms with Crippen molar-refractivity contribution >= 4 is 5.82 Å². The van der Waals surface area contributed by atoms with Gasteiger partial charge in [-0.2, -0.15) is 4.68 Å². The molecule has 0 radical (unpaired) electrons. The molecule has 2 heterocycles. The molecule has 88 valence electrons. The fraction of sp³-hybridized carbons (Fsp3) is 0.333. The molecule has 17 heavy (non-hydrogen) atoms. The summed E-state index contributed by atoms with van der Waals surface area (Å²) in [4.78, 5) is 2.31. The first-order chi connectivity index (χ1) is 8.45. The summed E-state index contributed by atoms with van der Waals surface area (Å²) in [5.74, 6) is 1.07. The number of nitrogens with one attached hydrogen (secondary N) is 1. The molecular formula is C12H15N5. The van der Waals surface area contributed by atoms with Crippen LogP contribution in [0.25, 0.3) is 5.69 Å². The van der Waals surface area contributed by atoms with Crippen molar-refractivity contribution in [2.24, 2.45) is 0 Å². The Labute approximate surface area is 100 Å². The lowest BCUT2D eigenvalue weighted by Gasteiger charge is -2.28. The van der Waals surface area contributed by atoms with Gasteiger partial charge in [-0.3, -0.25) is 0 Å². The molecule has 0 spiro atoms. The predicted octanol–water partition coefficient (Wildman–Crippen LogP) is 0.677. The summed E-state index contributed by atoms with van der Waals surface area (Å²) in [5, 5.41) is 11.5. The number of hydrogen-bond acceptors (Lipinski definition) is 4. The summed E-state index contributed by atoms with van der Waals surface area (Å²) in [6.45, 7) is 4.03. The second-order valence-corrected chi connectivity index (χ2v) is 4.08. The maximum atomic E-state index is 4.17. The average molecular weight is 229 g/mol. The highest BCUT2D eigenvalue weighted by Crippen LogP contribution is 2.17. The third-order valence-electron chi connectivity index (χ3n) is 2.97. The average Bonchev–Trinajstić information content (AvgIpc) is 2.90. The van der Waals surface area contributed by atoms with E-state index in [1.165, 1.54) is 0 Å². The largest absolute Gasteiger partial charge is 0.353 e. The molecule has 1 saturated heterocycles. The highest BCUT2D eigenvalue weighted by molar-refractivity contribution is 5.45. The van der Waals surface area contributed by atoms with Crippen LogP contribution in [0.15, 0.2) is 36.5 Å². The van der Waals surface area contributed by atoms with Gasteiger partial charge in [0.2, 0.25) is 0 Å². The number of aromatic nitrogens is 3. The van der Waals surface area contributed by atoms with Crippen molar-refractivity contribution in [2.45, 2.75) is 0 Å². The summed E-state index contributed by atoms with van der Waals surface area (Å²) < 4.78 is 1.89. The highest BCUT2D eigenvalue weighted by atomic mass is 15.5. The molecule has 1 fully saturated rings. The molecule has 0 aliphatic carbocycles. The van der Waals surface area contributed by atoms with E-state index in [1.54, 1.807) is 0 Å². The van der Waals surface area contributed by atoms with Gasteiger partial charge in [0, 0.05) is 26.2 Å². The minimum absolute atomic E-state index is 1.00. The van der Waals surface area contributed by atoms with Crippen molar-refractivity contribution in [3.05, 3.63) is 36.5 Å². The molecule has 5 heteroatoms. The molecule has 2 aromatic rings. The van der Waals surface area contributed by atoms with Gasteiger partial charge in [-0.25, -0.2) is 0 Å².